The lowest BCUT2D eigenvalue weighted by atomic mass is 9.66. The average molecular weight is 326 g/mol. The third-order valence-electron chi connectivity index (χ3n) is 5.16. The predicted octanol–water partition coefficient (Wildman–Crippen LogP) is 1.16. The van der Waals surface area contributed by atoms with Gasteiger partial charge in [0.1, 0.15) is 6.04 Å². The first-order chi connectivity index (χ1) is 10.5. The van der Waals surface area contributed by atoms with E-state index < -0.39 is 17.4 Å². The number of amides is 2. The fraction of sp³-hybridized carbons (Fsp3) is 0.800. The Bertz CT molecular complexity index is 486. The third-order valence-corrected chi connectivity index (χ3v) is 6.17. The zero-order valence-corrected chi connectivity index (χ0v) is 13.4. The number of hydrogen-bond donors (Lipinski definition) is 1. The van der Waals surface area contributed by atoms with Crippen LogP contribution < -0.4 is 0 Å². The Kier molecular flexibility index (Phi) is 4.34. The normalized spacial score (nSPS) is 26.8. The third kappa shape index (κ3) is 2.71. The molecule has 1 aliphatic carbocycles. The summed E-state index contributed by atoms with van der Waals surface area (Å²) in [6.07, 6.45) is 4.10. The van der Waals surface area contributed by atoms with E-state index >= 15 is 0 Å². The molecule has 1 saturated carbocycles. The van der Waals surface area contributed by atoms with Crippen LogP contribution in [0, 0.1) is 5.41 Å². The first-order valence-corrected chi connectivity index (χ1v) is 9.08. The van der Waals surface area contributed by atoms with Gasteiger partial charge in [-0.15, -0.1) is 11.8 Å². The van der Waals surface area contributed by atoms with Crippen molar-refractivity contribution < 1.29 is 19.5 Å². The minimum Gasteiger partial charge on any atom is -0.481 e. The molecule has 1 atom stereocenters. The Labute approximate surface area is 134 Å². The highest BCUT2D eigenvalue weighted by molar-refractivity contribution is 7.99. The summed E-state index contributed by atoms with van der Waals surface area (Å²) in [5.41, 5.74) is -0.883. The molecule has 6 nitrogen and oxygen atoms in total. The van der Waals surface area contributed by atoms with Crippen LogP contribution in [0.25, 0.3) is 0 Å². The van der Waals surface area contributed by atoms with Gasteiger partial charge in [-0.3, -0.25) is 14.4 Å². The molecule has 2 heterocycles. The van der Waals surface area contributed by atoms with Crippen LogP contribution in [0.1, 0.15) is 38.5 Å². The lowest BCUT2D eigenvalue weighted by Gasteiger charge is -2.38. The molecular weight excluding hydrogens is 304 g/mol. The van der Waals surface area contributed by atoms with Gasteiger partial charge in [-0.05, 0) is 25.7 Å². The number of carbonyl (C=O) groups excluding carboxylic acids is 2. The summed E-state index contributed by atoms with van der Waals surface area (Å²) >= 11 is 1.58. The van der Waals surface area contributed by atoms with Gasteiger partial charge in [-0.25, -0.2) is 0 Å². The van der Waals surface area contributed by atoms with Crippen LogP contribution >= 0.6 is 11.8 Å². The minimum absolute atomic E-state index is 0.0344. The predicted molar refractivity (Wildman–Crippen MR) is 82.3 cm³/mol. The average Bonchev–Trinajstić information content (AvgIpc) is 3.11. The van der Waals surface area contributed by atoms with Gasteiger partial charge in [0.05, 0.1) is 11.3 Å². The lowest BCUT2D eigenvalue weighted by molar-refractivity contribution is -0.160. The molecule has 3 fully saturated rings. The van der Waals surface area contributed by atoms with Crippen LogP contribution in [0.5, 0.6) is 0 Å². The molecule has 122 valence electrons. The zero-order chi connectivity index (χ0) is 15.7. The number of thioether (sulfide) groups is 1. The molecule has 2 saturated heterocycles. The molecule has 0 bridgehead atoms. The SMILES string of the molecule is O=C(C1CSCN1C(=O)CC1(C(=O)O)CCC1)N1CCCC1. The van der Waals surface area contributed by atoms with E-state index in [4.69, 9.17) is 0 Å². The van der Waals surface area contributed by atoms with Crippen molar-refractivity contribution in [2.75, 3.05) is 24.7 Å². The standard InChI is InChI=1S/C15H22N2O4S/c18-12(8-15(14(20)21)4-3-5-15)17-10-22-9-11(17)13(19)16-6-1-2-7-16/h11H,1-10H2,(H,20,21). The van der Waals surface area contributed by atoms with E-state index in [-0.39, 0.29) is 18.2 Å². The first kappa shape index (κ1) is 15.6. The molecule has 0 spiro atoms. The van der Waals surface area contributed by atoms with Crippen molar-refractivity contribution in [3.8, 4) is 0 Å². The van der Waals surface area contributed by atoms with Gasteiger partial charge >= 0.3 is 5.97 Å². The maximum atomic E-state index is 12.6. The fourth-order valence-electron chi connectivity index (χ4n) is 3.50. The van der Waals surface area contributed by atoms with Gasteiger partial charge in [0, 0.05) is 25.3 Å². The van der Waals surface area contributed by atoms with Crippen LogP contribution in [-0.2, 0) is 14.4 Å². The van der Waals surface area contributed by atoms with E-state index in [1.54, 1.807) is 16.7 Å². The van der Waals surface area contributed by atoms with Crippen molar-refractivity contribution in [3.63, 3.8) is 0 Å². The van der Waals surface area contributed by atoms with E-state index in [9.17, 15) is 19.5 Å². The number of nitrogens with zero attached hydrogens (tertiary/aromatic N) is 2. The topological polar surface area (TPSA) is 77.9 Å². The summed E-state index contributed by atoms with van der Waals surface area (Å²) in [7, 11) is 0. The zero-order valence-electron chi connectivity index (χ0n) is 12.6. The minimum atomic E-state index is -0.883. The maximum Gasteiger partial charge on any atom is 0.310 e. The molecule has 3 rings (SSSR count). The number of hydrogen-bond acceptors (Lipinski definition) is 4. The molecule has 0 radical (unpaired) electrons. The number of rotatable bonds is 4. The fourth-order valence-corrected chi connectivity index (χ4v) is 4.67. The molecule has 0 aromatic heterocycles. The molecule has 1 N–H and O–H groups in total. The first-order valence-electron chi connectivity index (χ1n) is 7.93. The van der Waals surface area contributed by atoms with E-state index in [0.29, 0.717) is 24.5 Å². The van der Waals surface area contributed by atoms with Crippen molar-refractivity contribution in [3.05, 3.63) is 0 Å². The summed E-state index contributed by atoms with van der Waals surface area (Å²) in [6, 6.07) is -0.401. The van der Waals surface area contributed by atoms with Gasteiger partial charge in [0.15, 0.2) is 0 Å². The largest absolute Gasteiger partial charge is 0.481 e. The van der Waals surface area contributed by atoms with Crippen molar-refractivity contribution in [1.82, 2.24) is 9.80 Å². The summed E-state index contributed by atoms with van der Waals surface area (Å²) in [5.74, 6) is 0.111. The smallest absolute Gasteiger partial charge is 0.310 e. The molecule has 0 aromatic carbocycles. The van der Waals surface area contributed by atoms with Gasteiger partial charge in [-0.1, -0.05) is 6.42 Å². The number of carboxylic acid groups (broad SMARTS) is 1. The van der Waals surface area contributed by atoms with Crippen LogP contribution in [-0.4, -0.2) is 63.5 Å². The van der Waals surface area contributed by atoms with Crippen molar-refractivity contribution in [2.45, 2.75) is 44.6 Å². The van der Waals surface area contributed by atoms with Gasteiger partial charge < -0.3 is 14.9 Å². The molecule has 2 aliphatic heterocycles. The molecular formula is C15H22N2O4S. The molecule has 2 amide bonds. The molecule has 0 aromatic rings. The van der Waals surface area contributed by atoms with Crippen LogP contribution in [0.2, 0.25) is 0 Å². The monoisotopic (exact) mass is 326 g/mol. The molecule has 3 aliphatic rings. The summed E-state index contributed by atoms with van der Waals surface area (Å²) in [5, 5.41) is 9.37. The Hall–Kier alpha value is -1.24. The summed E-state index contributed by atoms with van der Waals surface area (Å²) < 4.78 is 0. The van der Waals surface area contributed by atoms with E-state index in [2.05, 4.69) is 0 Å². The highest BCUT2D eigenvalue weighted by Gasteiger charge is 2.48. The Balaban J connectivity index is 1.66. The van der Waals surface area contributed by atoms with Gasteiger partial charge in [0.2, 0.25) is 11.8 Å². The summed E-state index contributed by atoms with van der Waals surface area (Å²) in [6.45, 7) is 1.56. The molecule has 7 heteroatoms. The van der Waals surface area contributed by atoms with Crippen LogP contribution in [0.4, 0.5) is 0 Å². The number of carbonyl (C=O) groups is 3. The highest BCUT2D eigenvalue weighted by Crippen LogP contribution is 2.45. The highest BCUT2D eigenvalue weighted by atomic mass is 32.2. The molecule has 22 heavy (non-hydrogen) atoms. The van der Waals surface area contributed by atoms with Crippen molar-refractivity contribution in [2.24, 2.45) is 5.41 Å². The number of aliphatic carboxylic acids is 1. The summed E-state index contributed by atoms with van der Waals surface area (Å²) in [4.78, 5) is 40.0. The van der Waals surface area contributed by atoms with Crippen molar-refractivity contribution in [1.29, 1.82) is 0 Å². The number of carboxylic acids is 1. The van der Waals surface area contributed by atoms with E-state index in [0.717, 1.165) is 32.4 Å². The van der Waals surface area contributed by atoms with Crippen molar-refractivity contribution >= 4 is 29.5 Å². The van der Waals surface area contributed by atoms with E-state index in [1.165, 1.54) is 0 Å². The Morgan fingerprint density at radius 1 is 1.14 bits per heavy atom. The Morgan fingerprint density at radius 3 is 2.36 bits per heavy atom. The van der Waals surface area contributed by atoms with E-state index in [1.807, 2.05) is 4.90 Å². The quantitative estimate of drug-likeness (QED) is 0.839. The van der Waals surface area contributed by atoms with Crippen LogP contribution in [0.3, 0.4) is 0 Å². The number of likely N-dealkylation sites (tertiary alicyclic amines) is 1. The second-order valence-corrected chi connectivity index (χ2v) is 7.53. The second-order valence-electron chi connectivity index (χ2n) is 6.53. The van der Waals surface area contributed by atoms with Gasteiger partial charge in [-0.2, -0.15) is 0 Å². The maximum absolute atomic E-state index is 12.6. The van der Waals surface area contributed by atoms with Gasteiger partial charge in [0.25, 0.3) is 0 Å². The molecule has 1 unspecified atom stereocenters. The lowest BCUT2D eigenvalue weighted by Crippen LogP contribution is -2.50. The Morgan fingerprint density at radius 2 is 1.82 bits per heavy atom. The van der Waals surface area contributed by atoms with Crippen LogP contribution in [0.15, 0.2) is 0 Å². The second kappa shape index (κ2) is 6.10.